The highest BCUT2D eigenvalue weighted by Gasteiger charge is 2.28. The average molecular weight is 514 g/mol. The van der Waals surface area contributed by atoms with Crippen LogP contribution in [0.2, 0.25) is 0 Å². The highest BCUT2D eigenvalue weighted by molar-refractivity contribution is 14.0. The summed E-state index contributed by atoms with van der Waals surface area (Å²) in [5.41, 5.74) is 0. The molecule has 0 saturated carbocycles. The Kier molecular flexibility index (Phi) is 9.72. The van der Waals surface area contributed by atoms with Crippen LogP contribution in [-0.2, 0) is 16.0 Å². The lowest BCUT2D eigenvalue weighted by atomic mass is 9.98. The number of nitrogens with zero attached hydrogens (tertiary/aromatic N) is 2. The molecule has 1 aliphatic heterocycles. The molecule has 136 valence electrons. The molecule has 1 saturated heterocycles. The van der Waals surface area contributed by atoms with Crippen molar-refractivity contribution in [2.75, 3.05) is 33.3 Å². The van der Waals surface area contributed by atoms with E-state index in [9.17, 15) is 4.79 Å². The van der Waals surface area contributed by atoms with Gasteiger partial charge in [-0.25, -0.2) is 0 Å². The molecule has 1 N–H and O–H groups in total. The molecule has 24 heavy (non-hydrogen) atoms. The van der Waals surface area contributed by atoms with Gasteiger partial charge in [0.15, 0.2) is 10.6 Å². The van der Waals surface area contributed by atoms with Crippen LogP contribution >= 0.6 is 39.9 Å². The van der Waals surface area contributed by atoms with Crippen LogP contribution < -0.4 is 5.32 Å². The maximum Gasteiger partial charge on any atom is 0.310 e. The van der Waals surface area contributed by atoms with E-state index in [1.54, 1.807) is 7.05 Å². The van der Waals surface area contributed by atoms with Crippen LogP contribution in [0.3, 0.4) is 0 Å². The Hall–Kier alpha value is -0.770. The van der Waals surface area contributed by atoms with Crippen LogP contribution in [0.15, 0.2) is 26.2 Å². The molecule has 1 aliphatic rings. The van der Waals surface area contributed by atoms with E-state index in [1.165, 1.54) is 0 Å². The summed E-state index contributed by atoms with van der Waals surface area (Å²) in [5.74, 6) is 1.57. The zero-order valence-corrected chi connectivity index (χ0v) is 18.0. The molecule has 0 unspecified atom stereocenters. The van der Waals surface area contributed by atoms with E-state index in [0.29, 0.717) is 13.2 Å². The van der Waals surface area contributed by atoms with E-state index >= 15 is 0 Å². The van der Waals surface area contributed by atoms with Crippen molar-refractivity contribution in [3.63, 3.8) is 0 Å². The van der Waals surface area contributed by atoms with Crippen molar-refractivity contribution in [3.05, 3.63) is 22.6 Å². The number of carbonyl (C=O) groups excluding carboxylic acids is 1. The maximum atomic E-state index is 11.9. The summed E-state index contributed by atoms with van der Waals surface area (Å²) >= 11 is 3.30. The third kappa shape index (κ3) is 6.27. The zero-order chi connectivity index (χ0) is 16.7. The van der Waals surface area contributed by atoms with Gasteiger partial charge in [-0.05, 0) is 47.8 Å². The van der Waals surface area contributed by atoms with E-state index in [0.717, 1.165) is 48.7 Å². The lowest BCUT2D eigenvalue weighted by molar-refractivity contribution is -0.149. The molecule has 0 amide bonds. The molecule has 1 aromatic heterocycles. The van der Waals surface area contributed by atoms with Crippen molar-refractivity contribution in [2.24, 2.45) is 10.9 Å². The van der Waals surface area contributed by atoms with E-state index in [4.69, 9.17) is 9.15 Å². The standard InChI is InChI=1S/C16H24BrN3O3.HI/c1-3-22-15(21)12-5-4-10-20(11-12)16(18-2)19-9-8-13-6-7-14(17)23-13;/h6-7,12H,3-5,8-11H2,1-2H3,(H,18,19);1H/t12-;/m1./s1. The first-order chi connectivity index (χ1) is 11.1. The number of likely N-dealkylation sites (tertiary alicyclic amines) is 1. The number of carbonyl (C=O) groups is 1. The van der Waals surface area contributed by atoms with E-state index < -0.39 is 0 Å². The minimum atomic E-state index is -0.104. The molecule has 6 nitrogen and oxygen atoms in total. The quantitative estimate of drug-likeness (QED) is 0.284. The molecule has 1 aromatic rings. The summed E-state index contributed by atoms with van der Waals surface area (Å²) in [5, 5.41) is 3.34. The fraction of sp³-hybridized carbons (Fsp3) is 0.625. The van der Waals surface area contributed by atoms with Crippen LogP contribution in [-0.4, -0.2) is 50.1 Å². The largest absolute Gasteiger partial charge is 0.466 e. The summed E-state index contributed by atoms with van der Waals surface area (Å²) in [7, 11) is 1.76. The monoisotopic (exact) mass is 513 g/mol. The van der Waals surface area contributed by atoms with E-state index in [-0.39, 0.29) is 35.9 Å². The molecule has 0 aromatic carbocycles. The second-order valence-electron chi connectivity index (χ2n) is 5.47. The number of ether oxygens (including phenoxy) is 1. The molecule has 1 fully saturated rings. The molecule has 8 heteroatoms. The molecular weight excluding hydrogens is 489 g/mol. The third-order valence-corrected chi connectivity index (χ3v) is 4.26. The first kappa shape index (κ1) is 21.3. The Morgan fingerprint density at radius 1 is 1.54 bits per heavy atom. The predicted octanol–water partition coefficient (Wildman–Crippen LogP) is 3.05. The molecule has 0 bridgehead atoms. The second kappa shape index (κ2) is 11.0. The van der Waals surface area contributed by atoms with Crippen molar-refractivity contribution < 1.29 is 13.9 Å². The van der Waals surface area contributed by atoms with Gasteiger partial charge in [-0.2, -0.15) is 0 Å². The minimum absolute atomic E-state index is 0. The van der Waals surface area contributed by atoms with Crippen LogP contribution in [0.4, 0.5) is 0 Å². The predicted molar refractivity (Wildman–Crippen MR) is 108 cm³/mol. The maximum absolute atomic E-state index is 11.9. The number of hydrogen-bond donors (Lipinski definition) is 1. The van der Waals surface area contributed by atoms with Gasteiger partial charge in [0.2, 0.25) is 0 Å². The van der Waals surface area contributed by atoms with Gasteiger partial charge in [0.1, 0.15) is 5.76 Å². The summed E-state index contributed by atoms with van der Waals surface area (Å²) in [6, 6.07) is 3.84. The lowest BCUT2D eigenvalue weighted by Crippen LogP contribution is -2.48. The summed E-state index contributed by atoms with van der Waals surface area (Å²) in [6.45, 7) is 4.56. The summed E-state index contributed by atoms with van der Waals surface area (Å²) in [6.07, 6.45) is 2.63. The van der Waals surface area contributed by atoms with Crippen molar-refractivity contribution in [2.45, 2.75) is 26.2 Å². The number of aliphatic imine (C=N–C) groups is 1. The Morgan fingerprint density at radius 3 is 2.96 bits per heavy atom. The molecule has 2 rings (SSSR count). The number of esters is 1. The van der Waals surface area contributed by atoms with Crippen LogP contribution in [0, 0.1) is 5.92 Å². The molecular formula is C16H25BrIN3O3. The minimum Gasteiger partial charge on any atom is -0.466 e. The Bertz CT molecular complexity index is 550. The Balaban J connectivity index is 0.00000288. The van der Waals surface area contributed by atoms with Crippen LogP contribution in [0.25, 0.3) is 0 Å². The highest BCUT2D eigenvalue weighted by atomic mass is 127. The van der Waals surface area contributed by atoms with Gasteiger partial charge >= 0.3 is 5.97 Å². The smallest absolute Gasteiger partial charge is 0.310 e. The van der Waals surface area contributed by atoms with Crippen molar-refractivity contribution in [1.82, 2.24) is 10.2 Å². The fourth-order valence-corrected chi connectivity index (χ4v) is 3.08. The summed E-state index contributed by atoms with van der Waals surface area (Å²) < 4.78 is 11.4. The van der Waals surface area contributed by atoms with E-state index in [2.05, 4.69) is 31.1 Å². The van der Waals surface area contributed by atoms with Gasteiger partial charge in [0, 0.05) is 33.1 Å². The number of piperidine rings is 1. The number of hydrogen-bond acceptors (Lipinski definition) is 4. The fourth-order valence-electron chi connectivity index (χ4n) is 2.74. The number of furan rings is 1. The topological polar surface area (TPSA) is 67.1 Å². The summed E-state index contributed by atoms with van der Waals surface area (Å²) in [4.78, 5) is 18.4. The molecule has 0 radical (unpaired) electrons. The van der Waals surface area contributed by atoms with Gasteiger partial charge in [0.25, 0.3) is 0 Å². The van der Waals surface area contributed by atoms with Crippen LogP contribution in [0.5, 0.6) is 0 Å². The molecule has 2 heterocycles. The Labute approximate surface area is 168 Å². The lowest BCUT2D eigenvalue weighted by Gasteiger charge is -2.33. The highest BCUT2D eigenvalue weighted by Crippen LogP contribution is 2.18. The first-order valence-corrected chi connectivity index (χ1v) is 8.79. The second-order valence-corrected chi connectivity index (χ2v) is 6.25. The Morgan fingerprint density at radius 2 is 2.33 bits per heavy atom. The van der Waals surface area contributed by atoms with Crippen LogP contribution in [0.1, 0.15) is 25.5 Å². The van der Waals surface area contributed by atoms with Crippen molar-refractivity contribution in [1.29, 1.82) is 0 Å². The number of nitrogens with one attached hydrogen (secondary N) is 1. The number of guanidine groups is 1. The van der Waals surface area contributed by atoms with Gasteiger partial charge < -0.3 is 19.4 Å². The zero-order valence-electron chi connectivity index (χ0n) is 14.1. The van der Waals surface area contributed by atoms with Crippen molar-refractivity contribution >= 4 is 51.8 Å². The molecule has 1 atom stereocenters. The van der Waals surface area contributed by atoms with Gasteiger partial charge in [-0.1, -0.05) is 0 Å². The molecule has 0 spiro atoms. The first-order valence-electron chi connectivity index (χ1n) is 8.00. The van der Waals surface area contributed by atoms with E-state index in [1.807, 2.05) is 19.1 Å². The number of halogens is 2. The number of rotatable bonds is 5. The normalized spacial score (nSPS) is 18.0. The van der Waals surface area contributed by atoms with Gasteiger partial charge in [0.05, 0.1) is 12.5 Å². The third-order valence-electron chi connectivity index (χ3n) is 3.84. The molecule has 0 aliphatic carbocycles. The van der Waals surface area contributed by atoms with Crippen molar-refractivity contribution in [3.8, 4) is 0 Å². The SMILES string of the molecule is CCOC(=O)[C@@H]1CCCN(C(=NC)NCCc2ccc(Br)o2)C1.I. The van der Waals surface area contributed by atoms with Gasteiger partial charge in [-0.3, -0.25) is 9.79 Å². The average Bonchev–Trinajstić information content (AvgIpc) is 2.97. The van der Waals surface area contributed by atoms with Gasteiger partial charge in [-0.15, -0.1) is 24.0 Å².